The van der Waals surface area contributed by atoms with Gasteiger partial charge in [0.25, 0.3) is 0 Å². The van der Waals surface area contributed by atoms with Gasteiger partial charge in [-0.25, -0.2) is 0 Å². The summed E-state index contributed by atoms with van der Waals surface area (Å²) in [4.78, 5) is 0. The molecular formula is C24H15BrCl2OSZr-2. The first-order valence-corrected chi connectivity index (χ1v) is 13.1. The van der Waals surface area contributed by atoms with Crippen LogP contribution in [0.25, 0.3) is 33.4 Å². The molecule has 0 fully saturated rings. The molecule has 2 aliphatic rings. The van der Waals surface area contributed by atoms with E-state index in [1.165, 1.54) is 27.1 Å². The van der Waals surface area contributed by atoms with Gasteiger partial charge in [0.15, 0.2) is 5.01 Å². The summed E-state index contributed by atoms with van der Waals surface area (Å²) in [7, 11) is 4.17. The summed E-state index contributed by atoms with van der Waals surface area (Å²) < 4.78 is 5.60. The van der Waals surface area contributed by atoms with Crippen molar-refractivity contribution in [1.29, 1.82) is 0 Å². The van der Waals surface area contributed by atoms with Crippen molar-refractivity contribution in [3.05, 3.63) is 101 Å². The first-order valence-electron chi connectivity index (χ1n) is 8.79. The Morgan fingerprint density at radius 2 is 1.50 bits per heavy atom. The zero-order chi connectivity index (χ0) is 19.5. The van der Waals surface area contributed by atoms with E-state index < -0.39 is 0 Å². The van der Waals surface area contributed by atoms with Gasteiger partial charge in [0, 0.05) is 0 Å². The van der Waals surface area contributed by atoms with Crippen LogP contribution in [0.15, 0.2) is 84.4 Å². The molecule has 6 heteroatoms. The number of ether oxygens (including phenoxy) is 1. The molecular weight excluding hydrogens is 578 g/mol. The zero-order valence-electron chi connectivity index (χ0n) is 15.6. The first kappa shape index (κ1) is 25.2. The maximum Gasteiger partial charge on any atom is -0.0771 e. The summed E-state index contributed by atoms with van der Waals surface area (Å²) in [5.41, 5.74) is 1.17. The Kier molecular flexibility index (Phi) is 9.72. The SMILES string of the molecule is BrC1C=C2C=c3[c-]cccc3=C2O1.[Cl-].[Cl-].[S]=[Zr+2].c1ccc2c(c1)[cH-]c1ccccc12. The quantitative estimate of drug-likeness (QED) is 0.200. The number of alkyl halides is 1. The Morgan fingerprint density at radius 1 is 0.900 bits per heavy atom. The predicted octanol–water partition coefficient (Wildman–Crippen LogP) is -0.568. The molecule has 1 atom stereocenters. The maximum absolute atomic E-state index is 5.60. The topological polar surface area (TPSA) is 9.23 Å². The van der Waals surface area contributed by atoms with E-state index >= 15 is 0 Å². The van der Waals surface area contributed by atoms with Gasteiger partial charge in [0.1, 0.15) is 0 Å². The molecule has 0 amide bonds. The fourth-order valence-electron chi connectivity index (χ4n) is 3.59. The van der Waals surface area contributed by atoms with Gasteiger partial charge in [-0.3, -0.25) is 0 Å². The second-order valence-electron chi connectivity index (χ2n) is 6.38. The molecule has 1 unspecified atom stereocenters. The monoisotopic (exact) mass is 590 g/mol. The van der Waals surface area contributed by atoms with E-state index in [9.17, 15) is 0 Å². The van der Waals surface area contributed by atoms with Crippen LogP contribution in [0.3, 0.4) is 0 Å². The van der Waals surface area contributed by atoms with Crippen molar-refractivity contribution in [2.24, 2.45) is 0 Å². The molecule has 0 saturated carbocycles. The van der Waals surface area contributed by atoms with Gasteiger partial charge in [-0.05, 0) is 27.6 Å². The van der Waals surface area contributed by atoms with Gasteiger partial charge in [-0.1, -0.05) is 41.6 Å². The van der Waals surface area contributed by atoms with Crippen molar-refractivity contribution in [3.63, 3.8) is 0 Å². The van der Waals surface area contributed by atoms with Crippen LogP contribution < -0.4 is 35.3 Å². The minimum absolute atomic E-state index is 0. The molecule has 4 aromatic carbocycles. The Morgan fingerprint density at radius 3 is 2.13 bits per heavy atom. The number of halogens is 3. The van der Waals surface area contributed by atoms with Gasteiger partial charge in [-0.15, -0.1) is 75.3 Å². The number of hydrogen-bond donors (Lipinski definition) is 0. The van der Waals surface area contributed by atoms with E-state index in [0.717, 1.165) is 38.9 Å². The summed E-state index contributed by atoms with van der Waals surface area (Å²) in [5, 5.41) is 7.70. The number of hydrogen-bond acceptors (Lipinski definition) is 2. The molecule has 1 aliphatic heterocycles. The van der Waals surface area contributed by atoms with E-state index in [1.807, 2.05) is 12.1 Å². The molecule has 30 heavy (non-hydrogen) atoms. The van der Waals surface area contributed by atoms with Gasteiger partial charge in [0.05, 0.1) is 5.76 Å². The Balaban J connectivity index is 0.000000186. The molecule has 4 aromatic rings. The van der Waals surface area contributed by atoms with Gasteiger partial charge < -0.3 is 29.6 Å². The Bertz CT molecular complexity index is 1270. The summed E-state index contributed by atoms with van der Waals surface area (Å²) in [6.07, 6.45) is 4.16. The van der Waals surface area contributed by atoms with Crippen molar-refractivity contribution in [3.8, 4) is 0 Å². The second-order valence-corrected chi connectivity index (χ2v) is 7.28. The van der Waals surface area contributed by atoms with Crippen molar-refractivity contribution in [2.45, 2.75) is 5.01 Å². The number of benzene rings is 3. The summed E-state index contributed by atoms with van der Waals surface area (Å²) in [6, 6.07) is 28.4. The molecule has 0 bridgehead atoms. The zero-order valence-corrected chi connectivity index (χ0v) is 22.0. The maximum atomic E-state index is 5.60. The van der Waals surface area contributed by atoms with Crippen molar-refractivity contribution in [1.82, 2.24) is 0 Å². The fraction of sp³-hybridized carbons (Fsp3) is 0.0417. The van der Waals surface area contributed by atoms with E-state index in [4.69, 9.17) is 4.74 Å². The van der Waals surface area contributed by atoms with E-state index in [2.05, 4.69) is 104 Å². The van der Waals surface area contributed by atoms with Gasteiger partial charge >= 0.3 is 31.5 Å². The van der Waals surface area contributed by atoms with E-state index in [1.54, 1.807) is 0 Å². The third-order valence-corrected chi connectivity index (χ3v) is 5.21. The first-order chi connectivity index (χ1) is 13.8. The molecule has 6 rings (SSSR count). The Labute approximate surface area is 214 Å². The Hall–Kier alpha value is -1.03. The van der Waals surface area contributed by atoms with Crippen LogP contribution in [0.1, 0.15) is 0 Å². The average Bonchev–Trinajstić information content (AvgIpc) is 3.40. The molecule has 0 aromatic heterocycles. The molecule has 1 nitrogen and oxygen atoms in total. The van der Waals surface area contributed by atoms with Crippen molar-refractivity contribution < 1.29 is 52.2 Å². The molecule has 0 saturated heterocycles. The van der Waals surface area contributed by atoms with Crippen molar-refractivity contribution in [2.75, 3.05) is 0 Å². The van der Waals surface area contributed by atoms with Crippen LogP contribution in [0.4, 0.5) is 0 Å². The average molecular weight is 593 g/mol. The fourth-order valence-corrected chi connectivity index (χ4v) is 4.06. The van der Waals surface area contributed by atoms with Crippen molar-refractivity contribution >= 4 is 58.2 Å². The van der Waals surface area contributed by atoms with Gasteiger partial charge in [-0.2, -0.15) is 0 Å². The third-order valence-electron chi connectivity index (χ3n) is 4.76. The standard InChI is InChI=1S/C13H9.C11H6BrO.2ClH.S.Zr/c1-3-7-12-10(5-1)9-11-6-2-4-8-13(11)12;12-10-6-8-5-7-3-1-2-4-9(7)11(8)13-10;;;;/h1-9H;1-2,4-6,10H;2*1H;;/q2*-1;;;;+2/p-2. The normalized spacial score (nSPS) is 15.0. The third kappa shape index (κ3) is 5.06. The largest absolute Gasteiger partial charge is 0.126 e. The van der Waals surface area contributed by atoms with E-state index in [0.29, 0.717) is 0 Å². The van der Waals surface area contributed by atoms with Gasteiger partial charge in [0.2, 0.25) is 0 Å². The molecule has 0 radical (unpaired) electrons. The van der Waals surface area contributed by atoms with Crippen LogP contribution >= 0.6 is 24.8 Å². The molecule has 1 aliphatic carbocycles. The minimum atomic E-state index is 0. The van der Waals surface area contributed by atoms with Crippen LogP contribution in [0.5, 0.6) is 0 Å². The number of fused-ring (bicyclic) bond motifs is 5. The molecule has 150 valence electrons. The summed E-state index contributed by atoms with van der Waals surface area (Å²) in [6.45, 7) is 0. The smallest absolute Gasteiger partial charge is 0.0771 e. The molecule has 0 spiro atoms. The minimum Gasteiger partial charge on any atom is -0.126 e. The predicted molar refractivity (Wildman–Crippen MR) is 119 cm³/mol. The van der Waals surface area contributed by atoms with Crippen LogP contribution in [0.2, 0.25) is 0 Å². The van der Waals surface area contributed by atoms with E-state index in [-0.39, 0.29) is 29.8 Å². The number of rotatable bonds is 0. The molecule has 1 heterocycles. The molecule has 0 N–H and O–H groups in total. The second kappa shape index (κ2) is 11.6. The van der Waals surface area contributed by atoms with Crippen LogP contribution in [-0.4, -0.2) is 5.01 Å². The summed E-state index contributed by atoms with van der Waals surface area (Å²) in [5.74, 6) is 0.980. The van der Waals surface area contributed by atoms with Crippen LogP contribution in [-0.2, 0) is 27.4 Å². The van der Waals surface area contributed by atoms with Crippen LogP contribution in [0, 0.1) is 6.07 Å². The summed E-state index contributed by atoms with van der Waals surface area (Å²) >= 11 is 4.53.